The maximum Gasteiger partial charge on any atom is 0.0965 e. The van der Waals surface area contributed by atoms with E-state index in [4.69, 9.17) is 34.8 Å². The van der Waals surface area contributed by atoms with E-state index in [1.165, 1.54) is 0 Å². The molecule has 1 unspecified atom stereocenters. The Labute approximate surface area is 131 Å². The molecule has 0 bridgehead atoms. The first kappa shape index (κ1) is 15.1. The van der Waals surface area contributed by atoms with E-state index in [-0.39, 0.29) is 0 Å². The highest BCUT2D eigenvalue weighted by atomic mass is 35.5. The van der Waals surface area contributed by atoms with Gasteiger partial charge in [0.25, 0.3) is 0 Å². The molecule has 0 spiro atoms. The van der Waals surface area contributed by atoms with E-state index in [9.17, 15) is 0 Å². The standard InChI is InChI=1S/C13H13Cl3N2S/c1-8(13-18-4-5-19-13)6-17-7-9-10(14)2-3-11(15)12(9)16/h2-5,8,17H,6-7H2,1H3. The summed E-state index contributed by atoms with van der Waals surface area (Å²) in [4.78, 5) is 4.30. The Balaban J connectivity index is 1.95. The molecule has 0 radical (unpaired) electrons. The molecule has 1 aromatic heterocycles. The summed E-state index contributed by atoms with van der Waals surface area (Å²) < 4.78 is 0. The molecule has 0 aliphatic heterocycles. The quantitative estimate of drug-likeness (QED) is 0.778. The Morgan fingerprint density at radius 2 is 2.00 bits per heavy atom. The van der Waals surface area contributed by atoms with Crippen molar-refractivity contribution < 1.29 is 0 Å². The fourth-order valence-corrected chi connectivity index (χ4v) is 3.09. The van der Waals surface area contributed by atoms with Gasteiger partial charge in [0.05, 0.1) is 15.1 Å². The molecule has 0 saturated heterocycles. The summed E-state index contributed by atoms with van der Waals surface area (Å²) in [5.41, 5.74) is 0.835. The minimum atomic E-state index is 0.358. The Morgan fingerprint density at radius 3 is 2.68 bits per heavy atom. The van der Waals surface area contributed by atoms with Crippen molar-refractivity contribution in [1.82, 2.24) is 10.3 Å². The highest BCUT2D eigenvalue weighted by molar-refractivity contribution is 7.09. The van der Waals surface area contributed by atoms with Crippen LogP contribution in [0.2, 0.25) is 15.1 Å². The molecule has 102 valence electrons. The Morgan fingerprint density at radius 1 is 1.26 bits per heavy atom. The fraction of sp³-hybridized carbons (Fsp3) is 0.308. The second-order valence-electron chi connectivity index (χ2n) is 4.22. The predicted molar refractivity (Wildman–Crippen MR) is 83.7 cm³/mol. The number of halogens is 3. The van der Waals surface area contributed by atoms with Crippen LogP contribution in [0, 0.1) is 0 Å². The van der Waals surface area contributed by atoms with Gasteiger partial charge in [0, 0.05) is 41.2 Å². The molecule has 1 heterocycles. The second-order valence-corrected chi connectivity index (χ2v) is 6.34. The number of nitrogens with one attached hydrogen (secondary N) is 1. The number of hydrogen-bond acceptors (Lipinski definition) is 3. The van der Waals surface area contributed by atoms with Crippen molar-refractivity contribution in [2.24, 2.45) is 0 Å². The molecule has 2 rings (SSSR count). The average Bonchev–Trinajstić information content (AvgIpc) is 2.92. The number of nitrogens with zero attached hydrogens (tertiary/aromatic N) is 1. The van der Waals surface area contributed by atoms with Crippen LogP contribution < -0.4 is 5.32 Å². The fourth-order valence-electron chi connectivity index (χ4n) is 1.71. The molecule has 1 atom stereocenters. The van der Waals surface area contributed by atoms with Crippen molar-refractivity contribution in [2.75, 3.05) is 6.54 Å². The maximum atomic E-state index is 6.15. The number of aromatic nitrogens is 1. The van der Waals surface area contributed by atoms with E-state index in [0.29, 0.717) is 27.5 Å². The summed E-state index contributed by atoms with van der Waals surface area (Å²) >= 11 is 19.9. The molecule has 1 N–H and O–H groups in total. The molecule has 0 aliphatic carbocycles. The predicted octanol–water partition coefficient (Wildman–Crippen LogP) is 5.00. The zero-order valence-electron chi connectivity index (χ0n) is 10.3. The molecular weight excluding hydrogens is 323 g/mol. The van der Waals surface area contributed by atoms with Crippen LogP contribution in [0.4, 0.5) is 0 Å². The summed E-state index contributed by atoms with van der Waals surface area (Å²) in [5, 5.41) is 8.11. The summed E-state index contributed by atoms with van der Waals surface area (Å²) in [6.07, 6.45) is 1.82. The largest absolute Gasteiger partial charge is 0.312 e. The van der Waals surface area contributed by atoms with Crippen LogP contribution in [0.3, 0.4) is 0 Å². The van der Waals surface area contributed by atoms with E-state index in [0.717, 1.165) is 17.1 Å². The summed E-state index contributed by atoms with van der Waals surface area (Å²) in [6, 6.07) is 3.46. The molecule has 19 heavy (non-hydrogen) atoms. The highest BCUT2D eigenvalue weighted by Crippen LogP contribution is 2.31. The molecule has 1 aromatic carbocycles. The van der Waals surface area contributed by atoms with Crippen molar-refractivity contribution in [3.8, 4) is 0 Å². The van der Waals surface area contributed by atoms with Gasteiger partial charge in [-0.3, -0.25) is 0 Å². The second kappa shape index (κ2) is 6.91. The minimum absolute atomic E-state index is 0.358. The van der Waals surface area contributed by atoms with Crippen LogP contribution in [0.5, 0.6) is 0 Å². The van der Waals surface area contributed by atoms with E-state index in [1.54, 1.807) is 23.5 Å². The van der Waals surface area contributed by atoms with Crippen LogP contribution in [0.25, 0.3) is 0 Å². The van der Waals surface area contributed by atoms with Gasteiger partial charge in [-0.25, -0.2) is 4.98 Å². The number of rotatable bonds is 5. The normalized spacial score (nSPS) is 12.6. The van der Waals surface area contributed by atoms with Crippen molar-refractivity contribution >= 4 is 46.1 Å². The SMILES string of the molecule is CC(CNCc1c(Cl)ccc(Cl)c1Cl)c1nccs1. The van der Waals surface area contributed by atoms with Crippen molar-refractivity contribution in [3.05, 3.63) is 49.3 Å². The Kier molecular flexibility index (Phi) is 5.48. The van der Waals surface area contributed by atoms with Gasteiger partial charge in [0.2, 0.25) is 0 Å². The molecule has 2 nitrogen and oxygen atoms in total. The van der Waals surface area contributed by atoms with Crippen LogP contribution >= 0.6 is 46.1 Å². The van der Waals surface area contributed by atoms with Gasteiger partial charge in [-0.1, -0.05) is 41.7 Å². The average molecular weight is 336 g/mol. The summed E-state index contributed by atoms with van der Waals surface area (Å²) in [5.74, 6) is 0.358. The number of thiazole rings is 1. The highest BCUT2D eigenvalue weighted by Gasteiger charge is 2.11. The Hall–Kier alpha value is -0.320. The lowest BCUT2D eigenvalue weighted by molar-refractivity contribution is 0.613. The number of benzene rings is 1. The van der Waals surface area contributed by atoms with E-state index >= 15 is 0 Å². The van der Waals surface area contributed by atoms with E-state index < -0.39 is 0 Å². The summed E-state index contributed by atoms with van der Waals surface area (Å²) in [6.45, 7) is 3.54. The van der Waals surface area contributed by atoms with Gasteiger partial charge < -0.3 is 5.32 Å². The third-order valence-corrected chi connectivity index (χ3v) is 4.97. The van der Waals surface area contributed by atoms with E-state index in [2.05, 4.69) is 17.2 Å². The lowest BCUT2D eigenvalue weighted by atomic mass is 10.1. The lowest BCUT2D eigenvalue weighted by Crippen LogP contribution is -2.20. The maximum absolute atomic E-state index is 6.15. The number of hydrogen-bond donors (Lipinski definition) is 1. The monoisotopic (exact) mass is 334 g/mol. The topological polar surface area (TPSA) is 24.9 Å². The van der Waals surface area contributed by atoms with Gasteiger partial charge in [-0.05, 0) is 12.1 Å². The van der Waals surface area contributed by atoms with E-state index in [1.807, 2.05) is 11.6 Å². The Bertz CT molecular complexity index is 543. The molecule has 2 aromatic rings. The zero-order valence-corrected chi connectivity index (χ0v) is 13.4. The van der Waals surface area contributed by atoms with Crippen LogP contribution in [0.1, 0.15) is 23.4 Å². The third kappa shape index (κ3) is 3.83. The van der Waals surface area contributed by atoms with Gasteiger partial charge in [-0.2, -0.15) is 0 Å². The lowest BCUT2D eigenvalue weighted by Gasteiger charge is -2.12. The van der Waals surface area contributed by atoms with Crippen LogP contribution in [0.15, 0.2) is 23.7 Å². The van der Waals surface area contributed by atoms with Gasteiger partial charge in [-0.15, -0.1) is 11.3 Å². The first-order valence-corrected chi connectivity index (χ1v) is 7.83. The summed E-state index contributed by atoms with van der Waals surface area (Å²) in [7, 11) is 0. The molecular formula is C13H13Cl3N2S. The first-order valence-electron chi connectivity index (χ1n) is 5.82. The molecule has 0 aliphatic rings. The van der Waals surface area contributed by atoms with Crippen molar-refractivity contribution in [1.29, 1.82) is 0 Å². The molecule has 0 fully saturated rings. The minimum Gasteiger partial charge on any atom is -0.312 e. The van der Waals surface area contributed by atoms with Crippen LogP contribution in [-0.4, -0.2) is 11.5 Å². The molecule has 0 saturated carbocycles. The first-order chi connectivity index (χ1) is 9.09. The smallest absolute Gasteiger partial charge is 0.0965 e. The van der Waals surface area contributed by atoms with Crippen molar-refractivity contribution in [2.45, 2.75) is 19.4 Å². The van der Waals surface area contributed by atoms with Crippen LogP contribution in [-0.2, 0) is 6.54 Å². The zero-order chi connectivity index (χ0) is 13.8. The van der Waals surface area contributed by atoms with Gasteiger partial charge >= 0.3 is 0 Å². The van der Waals surface area contributed by atoms with Crippen molar-refractivity contribution in [3.63, 3.8) is 0 Å². The van der Waals surface area contributed by atoms with Gasteiger partial charge in [0.1, 0.15) is 0 Å². The molecule has 6 heteroatoms. The van der Waals surface area contributed by atoms with Gasteiger partial charge in [0.15, 0.2) is 0 Å². The molecule has 0 amide bonds. The third-order valence-electron chi connectivity index (χ3n) is 2.76.